The van der Waals surface area contributed by atoms with Gasteiger partial charge in [0.1, 0.15) is 18.2 Å². The number of ether oxygens (including phenoxy) is 3. The summed E-state index contributed by atoms with van der Waals surface area (Å²) < 4.78 is 17.4. The summed E-state index contributed by atoms with van der Waals surface area (Å²) in [6.07, 6.45) is 1.47. The number of methoxy groups -OCH3 is 3. The normalized spacial score (nSPS) is 9.90. The van der Waals surface area contributed by atoms with Crippen LogP contribution >= 0.6 is 0 Å². The lowest BCUT2D eigenvalue weighted by molar-refractivity contribution is 0.324. The molecule has 0 spiro atoms. The molecule has 104 valence electrons. The van der Waals surface area contributed by atoms with E-state index in [0.717, 1.165) is 0 Å². The highest BCUT2D eigenvalue weighted by Crippen LogP contribution is 2.39. The third kappa shape index (κ3) is 2.07. The number of aromatic nitrogens is 2. The Morgan fingerprint density at radius 2 is 1.75 bits per heavy atom. The fraction of sp³-hybridized carbons (Fsp3) is 0.231. The molecule has 1 aromatic heterocycles. The van der Waals surface area contributed by atoms with Gasteiger partial charge in [-0.3, -0.25) is 4.57 Å². The van der Waals surface area contributed by atoms with Crippen molar-refractivity contribution in [1.29, 1.82) is 5.26 Å². The van der Waals surface area contributed by atoms with Gasteiger partial charge in [-0.25, -0.2) is 4.98 Å². The van der Waals surface area contributed by atoms with Crippen molar-refractivity contribution in [3.8, 4) is 29.0 Å². The van der Waals surface area contributed by atoms with Crippen molar-refractivity contribution in [2.75, 3.05) is 27.1 Å². The summed E-state index contributed by atoms with van der Waals surface area (Å²) in [5, 5.41) is 8.89. The number of nitrogen functional groups attached to an aromatic ring is 1. The Bertz CT molecular complexity index is 648. The second-order valence-electron chi connectivity index (χ2n) is 3.84. The molecule has 0 atom stereocenters. The third-order valence-corrected chi connectivity index (χ3v) is 2.84. The molecule has 0 saturated heterocycles. The summed E-state index contributed by atoms with van der Waals surface area (Å²) in [5.74, 6) is 1.72. The zero-order valence-electron chi connectivity index (χ0n) is 11.4. The van der Waals surface area contributed by atoms with E-state index in [1.807, 2.05) is 6.07 Å². The van der Waals surface area contributed by atoms with Crippen molar-refractivity contribution in [1.82, 2.24) is 9.55 Å². The van der Waals surface area contributed by atoms with Gasteiger partial charge >= 0.3 is 0 Å². The molecule has 2 aromatic rings. The van der Waals surface area contributed by atoms with Gasteiger partial charge in [-0.2, -0.15) is 5.26 Å². The number of hydrogen-bond donors (Lipinski definition) is 1. The van der Waals surface area contributed by atoms with Crippen molar-refractivity contribution in [3.05, 3.63) is 24.2 Å². The zero-order valence-corrected chi connectivity index (χ0v) is 11.4. The molecule has 20 heavy (non-hydrogen) atoms. The van der Waals surface area contributed by atoms with Crippen LogP contribution in [0.4, 0.5) is 5.82 Å². The zero-order chi connectivity index (χ0) is 14.7. The van der Waals surface area contributed by atoms with E-state index in [0.29, 0.717) is 22.9 Å². The molecule has 0 aliphatic rings. The van der Waals surface area contributed by atoms with Gasteiger partial charge in [-0.1, -0.05) is 0 Å². The van der Waals surface area contributed by atoms with Crippen LogP contribution in [0, 0.1) is 11.3 Å². The summed E-state index contributed by atoms with van der Waals surface area (Å²) >= 11 is 0. The monoisotopic (exact) mass is 274 g/mol. The minimum atomic E-state index is 0.166. The van der Waals surface area contributed by atoms with Crippen molar-refractivity contribution in [3.63, 3.8) is 0 Å². The number of benzene rings is 1. The van der Waals surface area contributed by atoms with Gasteiger partial charge in [0.25, 0.3) is 0 Å². The second kappa shape index (κ2) is 5.40. The number of rotatable bonds is 4. The van der Waals surface area contributed by atoms with Crippen molar-refractivity contribution in [2.45, 2.75) is 0 Å². The van der Waals surface area contributed by atoms with Crippen LogP contribution in [-0.2, 0) is 0 Å². The predicted molar refractivity (Wildman–Crippen MR) is 72.3 cm³/mol. The van der Waals surface area contributed by atoms with Crippen LogP contribution < -0.4 is 19.9 Å². The molecule has 7 nitrogen and oxygen atoms in total. The first kappa shape index (κ1) is 13.5. The van der Waals surface area contributed by atoms with E-state index in [9.17, 15) is 0 Å². The van der Waals surface area contributed by atoms with E-state index >= 15 is 0 Å². The number of nitrogens with zero attached hydrogens (tertiary/aromatic N) is 3. The Morgan fingerprint density at radius 1 is 1.15 bits per heavy atom. The first-order valence-electron chi connectivity index (χ1n) is 5.69. The quantitative estimate of drug-likeness (QED) is 0.904. The summed E-state index contributed by atoms with van der Waals surface area (Å²) in [7, 11) is 4.58. The average Bonchev–Trinajstić information content (AvgIpc) is 2.86. The number of imidazole rings is 1. The van der Waals surface area contributed by atoms with E-state index < -0.39 is 0 Å². The number of hydrogen-bond acceptors (Lipinski definition) is 6. The lowest BCUT2D eigenvalue weighted by Gasteiger charge is -2.14. The SMILES string of the molecule is COc1cc(-n2cnc(C#N)c2N)cc(OC)c1OC. The minimum absolute atomic E-state index is 0.166. The van der Waals surface area contributed by atoms with Crippen molar-refractivity contribution >= 4 is 5.82 Å². The van der Waals surface area contributed by atoms with Gasteiger partial charge in [0.05, 0.1) is 27.0 Å². The van der Waals surface area contributed by atoms with Crippen LogP contribution in [0.1, 0.15) is 5.69 Å². The highest BCUT2D eigenvalue weighted by molar-refractivity contribution is 5.61. The molecule has 2 rings (SSSR count). The Balaban J connectivity index is 2.63. The molecule has 0 radical (unpaired) electrons. The fourth-order valence-electron chi connectivity index (χ4n) is 1.86. The first-order chi connectivity index (χ1) is 9.65. The van der Waals surface area contributed by atoms with Crippen LogP contribution in [0.15, 0.2) is 18.5 Å². The van der Waals surface area contributed by atoms with Crippen LogP contribution in [0.2, 0.25) is 0 Å². The molecule has 1 aromatic carbocycles. The second-order valence-corrected chi connectivity index (χ2v) is 3.84. The van der Waals surface area contributed by atoms with E-state index in [2.05, 4.69) is 4.98 Å². The predicted octanol–water partition coefficient (Wildman–Crippen LogP) is 1.35. The molecular formula is C13H14N4O3. The van der Waals surface area contributed by atoms with Gasteiger partial charge < -0.3 is 19.9 Å². The topological polar surface area (TPSA) is 95.3 Å². The van der Waals surface area contributed by atoms with Gasteiger partial charge in [-0.15, -0.1) is 0 Å². The van der Waals surface area contributed by atoms with Gasteiger partial charge in [0.15, 0.2) is 17.2 Å². The first-order valence-corrected chi connectivity index (χ1v) is 5.69. The number of nitriles is 1. The highest BCUT2D eigenvalue weighted by Gasteiger charge is 2.16. The Hall–Kier alpha value is -2.88. The fourth-order valence-corrected chi connectivity index (χ4v) is 1.86. The third-order valence-electron chi connectivity index (χ3n) is 2.84. The van der Waals surface area contributed by atoms with Crippen molar-refractivity contribution < 1.29 is 14.2 Å². The summed E-state index contributed by atoms with van der Waals surface area (Å²) in [5.41, 5.74) is 6.69. The largest absolute Gasteiger partial charge is 0.493 e. The molecule has 7 heteroatoms. The Kier molecular flexibility index (Phi) is 3.66. The lowest BCUT2D eigenvalue weighted by atomic mass is 10.2. The lowest BCUT2D eigenvalue weighted by Crippen LogP contribution is -2.02. The maximum absolute atomic E-state index is 8.89. The molecule has 0 aliphatic carbocycles. The summed E-state index contributed by atoms with van der Waals surface area (Å²) in [6.45, 7) is 0. The van der Waals surface area contributed by atoms with Crippen LogP contribution in [0.3, 0.4) is 0 Å². The molecule has 0 fully saturated rings. The van der Waals surface area contributed by atoms with Crippen molar-refractivity contribution in [2.24, 2.45) is 0 Å². The molecule has 0 unspecified atom stereocenters. The van der Waals surface area contributed by atoms with Gasteiger partial charge in [-0.05, 0) is 0 Å². The molecule has 2 N–H and O–H groups in total. The maximum Gasteiger partial charge on any atom is 0.203 e. The molecule has 0 bridgehead atoms. The standard InChI is InChI=1S/C13H14N4O3/c1-18-10-4-8(5-11(19-2)12(10)20-3)17-7-16-9(6-14)13(17)15/h4-5,7H,15H2,1-3H3. The van der Waals surface area contributed by atoms with E-state index in [1.165, 1.54) is 27.7 Å². The van der Waals surface area contributed by atoms with Crippen LogP contribution in [0.25, 0.3) is 5.69 Å². The maximum atomic E-state index is 8.89. The molecule has 0 saturated carbocycles. The number of anilines is 1. The minimum Gasteiger partial charge on any atom is -0.493 e. The van der Waals surface area contributed by atoms with E-state index in [4.69, 9.17) is 25.2 Å². The Morgan fingerprint density at radius 3 is 2.15 bits per heavy atom. The molecule has 1 heterocycles. The van der Waals surface area contributed by atoms with E-state index in [-0.39, 0.29) is 11.5 Å². The number of nitrogens with two attached hydrogens (primary N) is 1. The average molecular weight is 274 g/mol. The van der Waals surface area contributed by atoms with Gasteiger partial charge in [0, 0.05) is 12.1 Å². The summed E-state index contributed by atoms with van der Waals surface area (Å²) in [6, 6.07) is 5.37. The van der Waals surface area contributed by atoms with Gasteiger partial charge in [0.2, 0.25) is 5.75 Å². The molecule has 0 aliphatic heterocycles. The van der Waals surface area contributed by atoms with E-state index in [1.54, 1.807) is 16.7 Å². The highest BCUT2D eigenvalue weighted by atomic mass is 16.5. The smallest absolute Gasteiger partial charge is 0.203 e. The molecule has 0 amide bonds. The Labute approximate surface area is 116 Å². The summed E-state index contributed by atoms with van der Waals surface area (Å²) in [4.78, 5) is 3.93. The van der Waals surface area contributed by atoms with Crippen LogP contribution in [0.5, 0.6) is 17.2 Å². The molecular weight excluding hydrogens is 260 g/mol. The van der Waals surface area contributed by atoms with Crippen LogP contribution in [-0.4, -0.2) is 30.9 Å².